The van der Waals surface area contributed by atoms with Gasteiger partial charge >= 0.3 is 0 Å². The highest BCUT2D eigenvalue weighted by Crippen LogP contribution is 2.18. The van der Waals surface area contributed by atoms with E-state index in [9.17, 15) is 4.39 Å². The van der Waals surface area contributed by atoms with Gasteiger partial charge in [0.05, 0.1) is 8.07 Å². The lowest BCUT2D eigenvalue weighted by atomic mass is 10.1. The Kier molecular flexibility index (Phi) is 2.39. The average Bonchev–Trinajstić information content (AvgIpc) is 2.17. The molecule has 2 aromatic rings. The maximum Gasteiger partial charge on any atom is 0.131 e. The fourth-order valence-electron chi connectivity index (χ4n) is 1.92. The van der Waals surface area contributed by atoms with Crippen molar-refractivity contribution in [2.75, 3.05) is 0 Å². The van der Waals surface area contributed by atoms with Crippen molar-refractivity contribution in [3.63, 3.8) is 0 Å². The maximum atomic E-state index is 13.6. The molecule has 15 heavy (non-hydrogen) atoms. The van der Waals surface area contributed by atoms with E-state index in [0.717, 1.165) is 10.8 Å². The summed E-state index contributed by atoms with van der Waals surface area (Å²) in [7, 11) is -1.39. The minimum Gasteiger partial charge on any atom is -0.206 e. The van der Waals surface area contributed by atoms with Crippen LogP contribution in [0.1, 0.15) is 0 Å². The molecule has 0 N–H and O–H groups in total. The van der Waals surface area contributed by atoms with Crippen LogP contribution >= 0.6 is 0 Å². The van der Waals surface area contributed by atoms with E-state index in [2.05, 4.69) is 19.6 Å². The van der Waals surface area contributed by atoms with Crippen molar-refractivity contribution in [1.82, 2.24) is 0 Å². The number of halogens is 1. The van der Waals surface area contributed by atoms with E-state index in [4.69, 9.17) is 0 Å². The third-order valence-electron chi connectivity index (χ3n) is 2.68. The van der Waals surface area contributed by atoms with Crippen LogP contribution < -0.4 is 5.19 Å². The molecule has 0 aromatic heterocycles. The number of hydrogen-bond acceptors (Lipinski definition) is 0. The van der Waals surface area contributed by atoms with E-state index in [1.807, 2.05) is 30.3 Å². The maximum absolute atomic E-state index is 13.6. The molecule has 2 heteroatoms. The van der Waals surface area contributed by atoms with Crippen LogP contribution in [0.2, 0.25) is 19.6 Å². The number of benzene rings is 2. The van der Waals surface area contributed by atoms with Crippen molar-refractivity contribution in [3.05, 3.63) is 42.2 Å². The number of hydrogen-bond donors (Lipinski definition) is 0. The average molecular weight is 218 g/mol. The molecular formula is C13H15FSi. The smallest absolute Gasteiger partial charge is 0.131 e. The lowest BCUT2D eigenvalue weighted by Gasteiger charge is -2.19. The largest absolute Gasteiger partial charge is 0.206 e. The first kappa shape index (κ1) is 10.4. The Labute approximate surface area is 90.8 Å². The van der Waals surface area contributed by atoms with Gasteiger partial charge in [-0.1, -0.05) is 55.2 Å². The normalized spacial score (nSPS) is 12.0. The zero-order chi connectivity index (χ0) is 11.1. The Hall–Kier alpha value is -1.15. The van der Waals surface area contributed by atoms with Gasteiger partial charge in [-0.2, -0.15) is 0 Å². The summed E-state index contributed by atoms with van der Waals surface area (Å²) in [5, 5.41) is 3.16. The first-order chi connectivity index (χ1) is 7.00. The second kappa shape index (κ2) is 3.45. The third kappa shape index (κ3) is 1.82. The summed E-state index contributed by atoms with van der Waals surface area (Å²) in [5.41, 5.74) is 0. The van der Waals surface area contributed by atoms with Crippen LogP contribution in [0.25, 0.3) is 10.8 Å². The van der Waals surface area contributed by atoms with Crippen LogP contribution in [-0.4, -0.2) is 8.07 Å². The Morgan fingerprint density at radius 2 is 1.47 bits per heavy atom. The molecule has 0 fully saturated rings. The highest BCUT2D eigenvalue weighted by molar-refractivity contribution is 6.90. The van der Waals surface area contributed by atoms with E-state index >= 15 is 0 Å². The fourth-order valence-corrected chi connectivity index (χ4v) is 3.53. The van der Waals surface area contributed by atoms with Gasteiger partial charge in [0.1, 0.15) is 5.82 Å². The van der Waals surface area contributed by atoms with Crippen molar-refractivity contribution < 1.29 is 4.39 Å². The predicted octanol–water partition coefficient (Wildman–Crippen LogP) is 3.52. The predicted molar refractivity (Wildman–Crippen MR) is 66.9 cm³/mol. The van der Waals surface area contributed by atoms with E-state index in [1.54, 1.807) is 6.07 Å². The molecule has 0 aliphatic heterocycles. The highest BCUT2D eigenvalue weighted by atomic mass is 28.3. The number of fused-ring (bicyclic) bond motifs is 1. The van der Waals surface area contributed by atoms with Gasteiger partial charge < -0.3 is 0 Å². The molecule has 2 aromatic carbocycles. The van der Waals surface area contributed by atoms with Crippen LogP contribution in [0.3, 0.4) is 0 Å². The van der Waals surface area contributed by atoms with Crippen LogP contribution in [-0.2, 0) is 0 Å². The first-order valence-corrected chi connectivity index (χ1v) is 8.68. The van der Waals surface area contributed by atoms with Gasteiger partial charge in [-0.15, -0.1) is 0 Å². The van der Waals surface area contributed by atoms with E-state index in [0.29, 0.717) is 0 Å². The lowest BCUT2D eigenvalue weighted by molar-refractivity contribution is 0.640. The number of rotatable bonds is 1. The first-order valence-electron chi connectivity index (χ1n) is 5.18. The molecule has 2 rings (SSSR count). The summed E-state index contributed by atoms with van der Waals surface area (Å²) in [6.45, 7) is 6.85. The van der Waals surface area contributed by atoms with Crippen molar-refractivity contribution >= 4 is 24.0 Å². The second-order valence-corrected chi connectivity index (χ2v) is 9.93. The molecule has 0 heterocycles. The monoisotopic (exact) mass is 218 g/mol. The van der Waals surface area contributed by atoms with Crippen molar-refractivity contribution in [1.29, 1.82) is 0 Å². The molecule has 0 saturated heterocycles. The summed E-state index contributed by atoms with van der Waals surface area (Å²) in [6, 6.07) is 11.3. The highest BCUT2D eigenvalue weighted by Gasteiger charge is 2.19. The molecule has 0 bridgehead atoms. The van der Waals surface area contributed by atoms with Crippen molar-refractivity contribution in [3.8, 4) is 0 Å². The van der Waals surface area contributed by atoms with Gasteiger partial charge in [0.15, 0.2) is 0 Å². The summed E-state index contributed by atoms with van der Waals surface area (Å²) in [6.07, 6.45) is 0. The Balaban J connectivity index is 2.84. The molecule has 0 aliphatic rings. The zero-order valence-electron chi connectivity index (χ0n) is 9.34. The zero-order valence-corrected chi connectivity index (χ0v) is 10.3. The standard InChI is InChI=1S/C13H15FSi/c1-15(2,3)13-9-8-12(14)10-6-4-5-7-11(10)13/h4-9H,1-3H3. The minimum absolute atomic E-state index is 0.118. The minimum atomic E-state index is -1.39. The van der Waals surface area contributed by atoms with E-state index < -0.39 is 8.07 Å². The molecule has 0 atom stereocenters. The van der Waals surface area contributed by atoms with Gasteiger partial charge in [0.2, 0.25) is 0 Å². The van der Waals surface area contributed by atoms with Crippen molar-refractivity contribution in [2.45, 2.75) is 19.6 Å². The van der Waals surface area contributed by atoms with E-state index in [-0.39, 0.29) is 5.82 Å². The van der Waals surface area contributed by atoms with Crippen LogP contribution in [0.4, 0.5) is 4.39 Å². The Morgan fingerprint density at radius 1 is 0.867 bits per heavy atom. The molecule has 78 valence electrons. The molecule has 0 unspecified atom stereocenters. The van der Waals surface area contributed by atoms with Crippen LogP contribution in [0.5, 0.6) is 0 Å². The third-order valence-corrected chi connectivity index (χ3v) is 4.73. The van der Waals surface area contributed by atoms with Crippen LogP contribution in [0, 0.1) is 5.82 Å². The van der Waals surface area contributed by atoms with Gasteiger partial charge in [-0.3, -0.25) is 0 Å². The molecular weight excluding hydrogens is 203 g/mol. The molecule has 0 aliphatic carbocycles. The van der Waals surface area contributed by atoms with Gasteiger partial charge in [0.25, 0.3) is 0 Å². The van der Waals surface area contributed by atoms with Crippen LogP contribution in [0.15, 0.2) is 36.4 Å². The molecule has 0 radical (unpaired) electrons. The molecule has 0 spiro atoms. The van der Waals surface area contributed by atoms with Gasteiger partial charge in [0, 0.05) is 5.39 Å². The molecule has 0 amide bonds. The second-order valence-electron chi connectivity index (χ2n) is 4.89. The quantitative estimate of drug-likeness (QED) is 0.642. The Morgan fingerprint density at radius 3 is 2.07 bits per heavy atom. The van der Waals surface area contributed by atoms with Crippen molar-refractivity contribution in [2.24, 2.45) is 0 Å². The SMILES string of the molecule is C[Si](C)(C)c1ccc(F)c2ccccc12. The summed E-state index contributed by atoms with van der Waals surface area (Å²) >= 11 is 0. The van der Waals surface area contributed by atoms with Gasteiger partial charge in [-0.05, 0) is 11.5 Å². The summed E-state index contributed by atoms with van der Waals surface area (Å²) in [5.74, 6) is -0.118. The summed E-state index contributed by atoms with van der Waals surface area (Å²) < 4.78 is 13.6. The molecule has 0 saturated carbocycles. The lowest BCUT2D eigenvalue weighted by Crippen LogP contribution is -2.38. The van der Waals surface area contributed by atoms with E-state index in [1.165, 1.54) is 5.19 Å². The molecule has 0 nitrogen and oxygen atoms in total. The van der Waals surface area contributed by atoms with Gasteiger partial charge in [-0.25, -0.2) is 4.39 Å². The summed E-state index contributed by atoms with van der Waals surface area (Å²) in [4.78, 5) is 0. The topological polar surface area (TPSA) is 0 Å². The Bertz CT molecular complexity index is 497. The fraction of sp³-hybridized carbons (Fsp3) is 0.231.